The molecule has 1 N–H and O–H groups in total. The lowest BCUT2D eigenvalue weighted by molar-refractivity contribution is 0.503. The fourth-order valence-corrected chi connectivity index (χ4v) is 2.53. The highest BCUT2D eigenvalue weighted by molar-refractivity contribution is 5.74. The number of hydrogen-bond acceptors (Lipinski definition) is 2. The van der Waals surface area contributed by atoms with Crippen LogP contribution in [0.5, 0.6) is 0 Å². The highest BCUT2D eigenvalue weighted by Crippen LogP contribution is 2.38. The lowest BCUT2D eigenvalue weighted by Gasteiger charge is -2.34. The Kier molecular flexibility index (Phi) is 1.84. The van der Waals surface area contributed by atoms with Crippen molar-refractivity contribution in [1.82, 2.24) is 0 Å². The molecule has 0 aromatic heterocycles. The smallest absolute Gasteiger partial charge is 0.184 e. The average molecular weight is 210 g/mol. The van der Waals surface area contributed by atoms with Gasteiger partial charge in [-0.3, -0.25) is 0 Å². The number of nitrogens with zero attached hydrogens (tertiary/aromatic N) is 1. The van der Waals surface area contributed by atoms with Crippen LogP contribution >= 0.6 is 0 Å². The Morgan fingerprint density at radius 2 is 2.20 bits per heavy atom. The predicted molar refractivity (Wildman–Crippen MR) is 55.2 cm³/mol. The van der Waals surface area contributed by atoms with Crippen molar-refractivity contribution in [2.24, 2.45) is 0 Å². The maximum Gasteiger partial charge on any atom is 0.184 e. The zero-order valence-corrected chi connectivity index (χ0v) is 8.26. The van der Waals surface area contributed by atoms with Gasteiger partial charge in [-0.1, -0.05) is 0 Å². The first-order valence-corrected chi connectivity index (χ1v) is 5.26. The van der Waals surface area contributed by atoms with Gasteiger partial charge in [-0.2, -0.15) is 0 Å². The van der Waals surface area contributed by atoms with Crippen molar-refractivity contribution in [3.8, 4) is 0 Å². The molecule has 1 saturated heterocycles. The molecule has 0 bridgehead atoms. The Labute approximate surface area is 86.9 Å². The molecule has 3 rings (SSSR count). The highest BCUT2D eigenvalue weighted by atomic mass is 19.2. The number of anilines is 2. The van der Waals surface area contributed by atoms with Gasteiger partial charge in [0.15, 0.2) is 11.6 Å². The molecule has 0 radical (unpaired) electrons. The summed E-state index contributed by atoms with van der Waals surface area (Å²) in [5, 5.41) is 3.15. The molecule has 4 heteroatoms. The van der Waals surface area contributed by atoms with Gasteiger partial charge in [-0.25, -0.2) is 8.78 Å². The van der Waals surface area contributed by atoms with Crippen LogP contribution in [-0.2, 0) is 0 Å². The summed E-state index contributed by atoms with van der Waals surface area (Å²) < 4.78 is 26.8. The monoisotopic (exact) mass is 210 g/mol. The van der Waals surface area contributed by atoms with Gasteiger partial charge in [-0.05, 0) is 25.0 Å². The molecule has 0 unspecified atom stereocenters. The van der Waals surface area contributed by atoms with Crippen LogP contribution < -0.4 is 10.2 Å². The molecular formula is C11H12F2N2. The Morgan fingerprint density at radius 3 is 3.07 bits per heavy atom. The van der Waals surface area contributed by atoms with Gasteiger partial charge in [0, 0.05) is 19.1 Å². The third-order valence-corrected chi connectivity index (χ3v) is 3.26. The minimum atomic E-state index is -0.761. The fraction of sp³-hybridized carbons (Fsp3) is 0.455. The number of hydrogen-bond donors (Lipinski definition) is 1. The SMILES string of the molecule is Fc1ccc2c(c1F)N1CCC[C@H]1CN2. The first-order chi connectivity index (χ1) is 7.27. The molecule has 2 aliphatic rings. The molecule has 0 saturated carbocycles. The van der Waals surface area contributed by atoms with Crippen molar-refractivity contribution in [3.63, 3.8) is 0 Å². The quantitative estimate of drug-likeness (QED) is 0.707. The first-order valence-electron chi connectivity index (χ1n) is 5.26. The molecule has 2 nitrogen and oxygen atoms in total. The van der Waals surface area contributed by atoms with Gasteiger partial charge in [-0.15, -0.1) is 0 Å². The largest absolute Gasteiger partial charge is 0.381 e. The van der Waals surface area contributed by atoms with E-state index in [9.17, 15) is 8.78 Å². The minimum Gasteiger partial charge on any atom is -0.381 e. The topological polar surface area (TPSA) is 15.3 Å². The normalized spacial score (nSPS) is 23.3. The summed E-state index contributed by atoms with van der Waals surface area (Å²) in [7, 11) is 0. The summed E-state index contributed by atoms with van der Waals surface area (Å²) in [5.74, 6) is -1.48. The molecule has 1 atom stereocenters. The third-order valence-electron chi connectivity index (χ3n) is 3.26. The Hall–Kier alpha value is -1.32. The highest BCUT2D eigenvalue weighted by Gasteiger charge is 2.33. The van der Waals surface area contributed by atoms with Crippen LogP contribution in [0.1, 0.15) is 12.8 Å². The summed E-state index contributed by atoms with van der Waals surface area (Å²) in [4.78, 5) is 1.99. The van der Waals surface area contributed by atoms with E-state index < -0.39 is 11.6 Å². The van der Waals surface area contributed by atoms with Gasteiger partial charge < -0.3 is 10.2 Å². The lowest BCUT2D eigenvalue weighted by atomic mass is 10.1. The number of halogens is 2. The third kappa shape index (κ3) is 1.20. The van der Waals surface area contributed by atoms with Crippen molar-refractivity contribution >= 4 is 11.4 Å². The van der Waals surface area contributed by atoms with Gasteiger partial charge >= 0.3 is 0 Å². The summed E-state index contributed by atoms with van der Waals surface area (Å²) in [6.07, 6.45) is 2.12. The van der Waals surface area contributed by atoms with E-state index in [0.29, 0.717) is 17.4 Å². The van der Waals surface area contributed by atoms with E-state index in [-0.39, 0.29) is 0 Å². The number of benzene rings is 1. The van der Waals surface area contributed by atoms with E-state index in [1.165, 1.54) is 6.07 Å². The lowest BCUT2D eigenvalue weighted by Crippen LogP contribution is -2.40. The second-order valence-electron chi connectivity index (χ2n) is 4.13. The van der Waals surface area contributed by atoms with Crippen LogP contribution in [0.2, 0.25) is 0 Å². The molecule has 2 heterocycles. The summed E-state index contributed by atoms with van der Waals surface area (Å²) in [6.45, 7) is 1.66. The van der Waals surface area contributed by atoms with Crippen LogP contribution in [0.15, 0.2) is 12.1 Å². The Morgan fingerprint density at radius 1 is 1.33 bits per heavy atom. The first kappa shape index (κ1) is 8.95. The number of rotatable bonds is 0. The van der Waals surface area contributed by atoms with Crippen molar-refractivity contribution < 1.29 is 8.78 Å². The minimum absolute atomic E-state index is 0.328. The van der Waals surface area contributed by atoms with E-state index in [2.05, 4.69) is 5.32 Å². The molecule has 0 amide bonds. The second kappa shape index (κ2) is 3.08. The van der Waals surface area contributed by atoms with Gasteiger partial charge in [0.05, 0.1) is 11.4 Å². The molecule has 1 fully saturated rings. The van der Waals surface area contributed by atoms with Gasteiger partial charge in [0.25, 0.3) is 0 Å². The van der Waals surface area contributed by atoms with E-state index in [4.69, 9.17) is 0 Å². The van der Waals surface area contributed by atoms with Crippen LogP contribution in [0.25, 0.3) is 0 Å². The summed E-state index contributed by atoms with van der Waals surface area (Å²) in [6, 6.07) is 3.12. The van der Waals surface area contributed by atoms with E-state index in [0.717, 1.165) is 25.9 Å². The number of nitrogens with one attached hydrogen (secondary N) is 1. The van der Waals surface area contributed by atoms with Crippen LogP contribution in [-0.4, -0.2) is 19.1 Å². The molecule has 0 aliphatic carbocycles. The van der Waals surface area contributed by atoms with E-state index >= 15 is 0 Å². The van der Waals surface area contributed by atoms with E-state index in [1.807, 2.05) is 4.90 Å². The maximum absolute atomic E-state index is 13.7. The zero-order chi connectivity index (χ0) is 10.4. The molecule has 15 heavy (non-hydrogen) atoms. The molecule has 1 aromatic rings. The zero-order valence-electron chi connectivity index (χ0n) is 8.26. The van der Waals surface area contributed by atoms with Crippen molar-refractivity contribution in [1.29, 1.82) is 0 Å². The standard InChI is InChI=1S/C11H12F2N2/c12-8-3-4-9-11(10(8)13)15-5-1-2-7(15)6-14-9/h3-4,7,14H,1-2,5-6H2/t7-/m0/s1. The average Bonchev–Trinajstić information content (AvgIpc) is 2.70. The van der Waals surface area contributed by atoms with Crippen molar-refractivity contribution in [2.45, 2.75) is 18.9 Å². The molecule has 1 aromatic carbocycles. The Bertz CT molecular complexity index is 406. The Balaban J connectivity index is 2.14. The van der Waals surface area contributed by atoms with Crippen LogP contribution in [0.3, 0.4) is 0 Å². The molecular weight excluding hydrogens is 198 g/mol. The van der Waals surface area contributed by atoms with Gasteiger partial charge in [0.1, 0.15) is 0 Å². The molecule has 2 aliphatic heterocycles. The van der Waals surface area contributed by atoms with Crippen molar-refractivity contribution in [2.75, 3.05) is 23.3 Å². The predicted octanol–water partition coefficient (Wildman–Crippen LogP) is 2.36. The maximum atomic E-state index is 13.7. The second-order valence-corrected chi connectivity index (χ2v) is 4.13. The summed E-state index contributed by atoms with van der Waals surface area (Å²) in [5.41, 5.74) is 1.14. The molecule has 80 valence electrons. The molecule has 0 spiro atoms. The van der Waals surface area contributed by atoms with Crippen molar-refractivity contribution in [3.05, 3.63) is 23.8 Å². The fourth-order valence-electron chi connectivity index (χ4n) is 2.53. The van der Waals surface area contributed by atoms with Gasteiger partial charge in [0.2, 0.25) is 0 Å². The number of fused-ring (bicyclic) bond motifs is 3. The summed E-state index contributed by atoms with van der Waals surface area (Å²) >= 11 is 0. The van der Waals surface area contributed by atoms with E-state index in [1.54, 1.807) is 6.07 Å². The van der Waals surface area contributed by atoms with Crippen LogP contribution in [0, 0.1) is 11.6 Å². The van der Waals surface area contributed by atoms with Crippen LogP contribution in [0.4, 0.5) is 20.2 Å².